The van der Waals surface area contributed by atoms with E-state index in [0.717, 1.165) is 15.9 Å². The summed E-state index contributed by atoms with van der Waals surface area (Å²) in [5, 5.41) is 4.64. The van der Waals surface area contributed by atoms with Gasteiger partial charge >= 0.3 is 5.97 Å². The average molecular weight is 358 g/mol. The van der Waals surface area contributed by atoms with Crippen LogP contribution in [0.5, 0.6) is 0 Å². The summed E-state index contributed by atoms with van der Waals surface area (Å²) in [5.41, 5.74) is 1.77. The number of rotatable bonds is 3. The van der Waals surface area contributed by atoms with E-state index in [9.17, 15) is 4.79 Å². The standard InChI is InChI=1S/C14H14BrClN2O2/c1-8(2)13-11(16)12(14(19)20-3)17-18(13)10-6-4-9(15)5-7-10/h4-8H,1-3H3. The molecule has 1 aromatic carbocycles. The molecule has 0 bridgehead atoms. The Morgan fingerprint density at radius 1 is 1.35 bits per heavy atom. The predicted molar refractivity (Wildman–Crippen MR) is 81.7 cm³/mol. The van der Waals surface area contributed by atoms with Crippen LogP contribution in [0.15, 0.2) is 28.7 Å². The molecule has 0 aliphatic rings. The maximum absolute atomic E-state index is 11.7. The molecule has 0 unspecified atom stereocenters. The SMILES string of the molecule is COC(=O)c1nn(-c2ccc(Br)cc2)c(C(C)C)c1Cl. The Kier molecular flexibility index (Phi) is 4.50. The highest BCUT2D eigenvalue weighted by atomic mass is 79.9. The molecule has 2 rings (SSSR count). The van der Waals surface area contributed by atoms with Crippen molar-refractivity contribution in [2.45, 2.75) is 19.8 Å². The summed E-state index contributed by atoms with van der Waals surface area (Å²) in [6.07, 6.45) is 0. The summed E-state index contributed by atoms with van der Waals surface area (Å²) < 4.78 is 7.37. The lowest BCUT2D eigenvalue weighted by Crippen LogP contribution is -2.05. The van der Waals surface area contributed by atoms with E-state index >= 15 is 0 Å². The van der Waals surface area contributed by atoms with Gasteiger partial charge in [-0.2, -0.15) is 5.10 Å². The third-order valence-electron chi connectivity index (χ3n) is 2.86. The Morgan fingerprint density at radius 2 is 1.95 bits per heavy atom. The van der Waals surface area contributed by atoms with E-state index in [0.29, 0.717) is 5.02 Å². The normalized spacial score (nSPS) is 10.9. The first kappa shape index (κ1) is 15.1. The number of esters is 1. The third-order valence-corrected chi connectivity index (χ3v) is 3.76. The molecule has 0 saturated carbocycles. The smallest absolute Gasteiger partial charge is 0.360 e. The lowest BCUT2D eigenvalue weighted by molar-refractivity contribution is 0.0593. The molecule has 0 radical (unpaired) electrons. The van der Waals surface area contributed by atoms with Gasteiger partial charge in [-0.3, -0.25) is 0 Å². The summed E-state index contributed by atoms with van der Waals surface area (Å²) in [4.78, 5) is 11.7. The molecule has 0 amide bonds. The van der Waals surface area contributed by atoms with Gasteiger partial charge < -0.3 is 4.74 Å². The second-order valence-electron chi connectivity index (χ2n) is 4.58. The molecule has 106 valence electrons. The van der Waals surface area contributed by atoms with Crippen molar-refractivity contribution in [3.8, 4) is 5.69 Å². The van der Waals surface area contributed by atoms with Gasteiger partial charge in [-0.15, -0.1) is 0 Å². The summed E-state index contributed by atoms with van der Waals surface area (Å²) in [5.74, 6) is -0.412. The maximum atomic E-state index is 11.7. The van der Waals surface area contributed by atoms with Crippen LogP contribution in [0, 0.1) is 0 Å². The number of carbonyl (C=O) groups is 1. The number of aromatic nitrogens is 2. The largest absolute Gasteiger partial charge is 0.464 e. The van der Waals surface area contributed by atoms with E-state index < -0.39 is 5.97 Å². The van der Waals surface area contributed by atoms with Crippen LogP contribution in [-0.2, 0) is 4.74 Å². The van der Waals surface area contributed by atoms with Gasteiger partial charge in [-0.25, -0.2) is 9.48 Å². The van der Waals surface area contributed by atoms with Crippen molar-refractivity contribution in [3.05, 3.63) is 45.1 Å². The molecule has 0 aliphatic carbocycles. The monoisotopic (exact) mass is 356 g/mol. The van der Waals surface area contributed by atoms with Crippen molar-refractivity contribution in [3.63, 3.8) is 0 Å². The molecule has 1 heterocycles. The second-order valence-corrected chi connectivity index (χ2v) is 5.88. The van der Waals surface area contributed by atoms with Crippen LogP contribution >= 0.6 is 27.5 Å². The van der Waals surface area contributed by atoms with Crippen LogP contribution in [0.4, 0.5) is 0 Å². The van der Waals surface area contributed by atoms with E-state index in [4.69, 9.17) is 16.3 Å². The minimum absolute atomic E-state index is 0.122. The fourth-order valence-corrected chi connectivity index (χ4v) is 2.59. The molecule has 0 fully saturated rings. The van der Waals surface area contributed by atoms with Gasteiger partial charge in [-0.1, -0.05) is 41.4 Å². The van der Waals surface area contributed by atoms with Crippen molar-refractivity contribution >= 4 is 33.5 Å². The van der Waals surface area contributed by atoms with Crippen LogP contribution in [0.1, 0.15) is 35.9 Å². The van der Waals surface area contributed by atoms with E-state index in [-0.39, 0.29) is 11.6 Å². The molecule has 1 aromatic heterocycles. The number of methoxy groups -OCH3 is 1. The number of hydrogen-bond acceptors (Lipinski definition) is 3. The van der Waals surface area contributed by atoms with Crippen molar-refractivity contribution in [2.75, 3.05) is 7.11 Å². The highest BCUT2D eigenvalue weighted by Crippen LogP contribution is 2.30. The number of nitrogens with zero attached hydrogens (tertiary/aromatic N) is 2. The first-order valence-corrected chi connectivity index (χ1v) is 7.25. The predicted octanol–water partition coefficient (Wildman–Crippen LogP) is 4.20. The second kappa shape index (κ2) is 5.97. The van der Waals surface area contributed by atoms with Gasteiger partial charge in [0.25, 0.3) is 0 Å². The van der Waals surface area contributed by atoms with Gasteiger partial charge in [0.05, 0.1) is 23.5 Å². The molecular formula is C14H14BrClN2O2. The Hall–Kier alpha value is -1.33. The van der Waals surface area contributed by atoms with Crippen molar-refractivity contribution < 1.29 is 9.53 Å². The van der Waals surface area contributed by atoms with E-state index in [1.807, 2.05) is 38.1 Å². The van der Waals surface area contributed by atoms with E-state index in [1.54, 1.807) is 4.68 Å². The minimum Gasteiger partial charge on any atom is -0.464 e. The van der Waals surface area contributed by atoms with E-state index in [2.05, 4.69) is 21.0 Å². The van der Waals surface area contributed by atoms with E-state index in [1.165, 1.54) is 7.11 Å². The molecule has 4 nitrogen and oxygen atoms in total. The van der Waals surface area contributed by atoms with Crippen molar-refractivity contribution in [1.82, 2.24) is 9.78 Å². The first-order valence-electron chi connectivity index (χ1n) is 6.08. The number of carbonyl (C=O) groups excluding carboxylic acids is 1. The quantitative estimate of drug-likeness (QED) is 0.773. The first-order chi connectivity index (χ1) is 9.45. The fourth-order valence-electron chi connectivity index (χ4n) is 1.92. The number of halogens is 2. The molecule has 0 spiro atoms. The minimum atomic E-state index is -0.534. The van der Waals surface area contributed by atoms with Crippen molar-refractivity contribution in [2.24, 2.45) is 0 Å². The van der Waals surface area contributed by atoms with Gasteiger partial charge in [0.15, 0.2) is 5.69 Å². The van der Waals surface area contributed by atoms with Crippen LogP contribution in [0.25, 0.3) is 5.69 Å². The molecule has 0 atom stereocenters. The summed E-state index contributed by atoms with van der Waals surface area (Å²) >= 11 is 9.68. The Morgan fingerprint density at radius 3 is 2.45 bits per heavy atom. The van der Waals surface area contributed by atoms with Gasteiger partial charge in [0.2, 0.25) is 0 Å². The average Bonchev–Trinajstić information content (AvgIpc) is 2.76. The van der Waals surface area contributed by atoms with Crippen LogP contribution in [0.2, 0.25) is 5.02 Å². The summed E-state index contributed by atoms with van der Waals surface area (Å²) in [6, 6.07) is 7.63. The number of hydrogen-bond donors (Lipinski definition) is 0. The van der Waals surface area contributed by atoms with Gasteiger partial charge in [0, 0.05) is 4.47 Å². The lowest BCUT2D eigenvalue weighted by Gasteiger charge is -2.10. The Labute approximate surface area is 130 Å². The third kappa shape index (κ3) is 2.74. The lowest BCUT2D eigenvalue weighted by atomic mass is 10.1. The van der Waals surface area contributed by atoms with Gasteiger partial charge in [0.1, 0.15) is 0 Å². The van der Waals surface area contributed by atoms with Crippen LogP contribution in [0.3, 0.4) is 0 Å². The topological polar surface area (TPSA) is 44.1 Å². The zero-order chi connectivity index (χ0) is 14.9. The fraction of sp³-hybridized carbons (Fsp3) is 0.286. The number of benzene rings is 1. The molecule has 0 saturated heterocycles. The Bertz CT molecular complexity index is 635. The van der Waals surface area contributed by atoms with Crippen molar-refractivity contribution in [1.29, 1.82) is 0 Å². The van der Waals surface area contributed by atoms with Gasteiger partial charge in [-0.05, 0) is 30.2 Å². The molecule has 2 aromatic rings. The summed E-state index contributed by atoms with van der Waals surface area (Å²) in [6.45, 7) is 4.00. The summed E-state index contributed by atoms with van der Waals surface area (Å²) in [7, 11) is 1.31. The highest BCUT2D eigenvalue weighted by Gasteiger charge is 2.24. The number of ether oxygens (including phenoxy) is 1. The molecule has 6 heteroatoms. The van der Waals surface area contributed by atoms with Crippen LogP contribution in [-0.4, -0.2) is 22.9 Å². The molecule has 0 aliphatic heterocycles. The molecular weight excluding hydrogens is 344 g/mol. The molecule has 20 heavy (non-hydrogen) atoms. The maximum Gasteiger partial charge on any atom is 0.360 e. The zero-order valence-electron chi connectivity index (χ0n) is 11.4. The molecule has 0 N–H and O–H groups in total. The van der Waals surface area contributed by atoms with Crippen LogP contribution < -0.4 is 0 Å². The Balaban J connectivity index is 2.62. The highest BCUT2D eigenvalue weighted by molar-refractivity contribution is 9.10. The zero-order valence-corrected chi connectivity index (χ0v) is 13.7.